The van der Waals surface area contributed by atoms with Gasteiger partial charge in [-0.15, -0.1) is 11.3 Å². The molecule has 0 aliphatic heterocycles. The third kappa shape index (κ3) is 4.33. The van der Waals surface area contributed by atoms with E-state index >= 15 is 0 Å². The molecule has 0 saturated heterocycles. The number of hydrogen-bond donors (Lipinski definition) is 0. The Morgan fingerprint density at radius 3 is 2.04 bits per heavy atom. The average Bonchev–Trinajstić information content (AvgIpc) is 3.23. The van der Waals surface area contributed by atoms with Gasteiger partial charge < -0.3 is 4.90 Å². The standard InChI is InChI=1S/C22H20N2O2S/c1-23(2)22(26)24(18-12-7-4-8-13-18)19(17-10-5-3-6-11-17)16-20(25)21-14-9-15-27-21/h3-16H,1-2H3/b19-16+. The van der Waals surface area contributed by atoms with Crippen LogP contribution < -0.4 is 4.90 Å². The van der Waals surface area contributed by atoms with Gasteiger partial charge in [-0.05, 0) is 29.1 Å². The number of nitrogens with zero attached hydrogens (tertiary/aromatic N) is 2. The van der Waals surface area contributed by atoms with Crippen molar-refractivity contribution in [2.45, 2.75) is 0 Å². The van der Waals surface area contributed by atoms with Crippen molar-refractivity contribution in [2.24, 2.45) is 0 Å². The van der Waals surface area contributed by atoms with Crippen LogP contribution in [-0.2, 0) is 0 Å². The zero-order chi connectivity index (χ0) is 19.2. The number of anilines is 1. The van der Waals surface area contributed by atoms with Crippen molar-refractivity contribution in [3.63, 3.8) is 0 Å². The molecule has 0 N–H and O–H groups in total. The van der Waals surface area contributed by atoms with Crippen LogP contribution in [0.1, 0.15) is 15.2 Å². The molecule has 1 aromatic heterocycles. The monoisotopic (exact) mass is 376 g/mol. The van der Waals surface area contributed by atoms with Crippen LogP contribution in [0.5, 0.6) is 0 Å². The largest absolute Gasteiger partial charge is 0.330 e. The number of amides is 2. The van der Waals surface area contributed by atoms with Crippen LogP contribution in [0.15, 0.2) is 84.3 Å². The van der Waals surface area contributed by atoms with E-state index in [1.165, 1.54) is 22.3 Å². The molecule has 0 unspecified atom stereocenters. The Morgan fingerprint density at radius 1 is 0.852 bits per heavy atom. The Morgan fingerprint density at radius 2 is 1.48 bits per heavy atom. The van der Waals surface area contributed by atoms with Crippen LogP contribution in [0.25, 0.3) is 5.70 Å². The molecular formula is C22H20N2O2S. The normalized spacial score (nSPS) is 11.1. The van der Waals surface area contributed by atoms with Crippen molar-refractivity contribution < 1.29 is 9.59 Å². The molecule has 4 nitrogen and oxygen atoms in total. The molecule has 2 aromatic carbocycles. The lowest BCUT2D eigenvalue weighted by Crippen LogP contribution is -2.38. The van der Waals surface area contributed by atoms with E-state index in [1.54, 1.807) is 25.1 Å². The molecule has 0 radical (unpaired) electrons. The molecule has 2 amide bonds. The molecule has 136 valence electrons. The summed E-state index contributed by atoms with van der Waals surface area (Å²) < 4.78 is 0. The van der Waals surface area contributed by atoms with Crippen LogP contribution in [0.3, 0.4) is 0 Å². The van der Waals surface area contributed by atoms with Crippen molar-refractivity contribution in [3.05, 3.63) is 94.7 Å². The summed E-state index contributed by atoms with van der Waals surface area (Å²) in [5, 5.41) is 1.86. The van der Waals surface area contributed by atoms with Gasteiger partial charge in [0, 0.05) is 20.2 Å². The second-order valence-electron chi connectivity index (χ2n) is 6.09. The zero-order valence-corrected chi connectivity index (χ0v) is 16.0. The van der Waals surface area contributed by atoms with E-state index in [9.17, 15) is 9.59 Å². The number of ketones is 1. The Balaban J connectivity index is 2.17. The Labute approximate surface area is 163 Å². The van der Waals surface area contributed by atoms with E-state index in [1.807, 2.05) is 72.1 Å². The third-order valence-corrected chi connectivity index (χ3v) is 4.81. The van der Waals surface area contributed by atoms with E-state index in [0.717, 1.165) is 5.56 Å². The lowest BCUT2D eigenvalue weighted by atomic mass is 10.1. The second kappa shape index (κ2) is 8.47. The number of allylic oxidation sites excluding steroid dienone is 1. The van der Waals surface area contributed by atoms with Gasteiger partial charge in [0.25, 0.3) is 0 Å². The first-order chi connectivity index (χ1) is 13.1. The van der Waals surface area contributed by atoms with Gasteiger partial charge in [0.05, 0.1) is 16.3 Å². The lowest BCUT2D eigenvalue weighted by Gasteiger charge is -2.28. The van der Waals surface area contributed by atoms with Gasteiger partial charge in [0.15, 0.2) is 5.78 Å². The smallest absolute Gasteiger partial charge is 0.328 e. The first-order valence-corrected chi connectivity index (χ1v) is 9.37. The summed E-state index contributed by atoms with van der Waals surface area (Å²) in [4.78, 5) is 29.5. The quantitative estimate of drug-likeness (QED) is 0.456. The topological polar surface area (TPSA) is 40.6 Å². The Bertz CT molecular complexity index is 933. The van der Waals surface area contributed by atoms with Crippen molar-refractivity contribution in [3.8, 4) is 0 Å². The molecule has 0 spiro atoms. The summed E-state index contributed by atoms with van der Waals surface area (Å²) in [5.41, 5.74) is 2.03. The first-order valence-electron chi connectivity index (χ1n) is 8.49. The number of carbonyl (C=O) groups excluding carboxylic acids is 2. The fraction of sp³-hybridized carbons (Fsp3) is 0.0909. The van der Waals surface area contributed by atoms with E-state index in [0.29, 0.717) is 16.3 Å². The minimum absolute atomic E-state index is 0.128. The van der Waals surface area contributed by atoms with Crippen molar-refractivity contribution >= 4 is 34.5 Å². The number of urea groups is 1. The average molecular weight is 376 g/mol. The molecule has 3 aromatic rings. The maximum atomic E-state index is 13.0. The highest BCUT2D eigenvalue weighted by Gasteiger charge is 2.24. The van der Waals surface area contributed by atoms with Gasteiger partial charge in [-0.1, -0.05) is 54.6 Å². The van der Waals surface area contributed by atoms with Crippen LogP contribution in [0, 0.1) is 0 Å². The second-order valence-corrected chi connectivity index (χ2v) is 7.03. The van der Waals surface area contributed by atoms with E-state index < -0.39 is 0 Å². The Hall–Kier alpha value is -3.18. The molecule has 3 rings (SSSR count). The molecule has 0 fully saturated rings. The number of hydrogen-bond acceptors (Lipinski definition) is 3. The molecule has 1 heterocycles. The van der Waals surface area contributed by atoms with Gasteiger partial charge >= 0.3 is 6.03 Å². The zero-order valence-electron chi connectivity index (χ0n) is 15.2. The third-order valence-electron chi connectivity index (χ3n) is 3.93. The van der Waals surface area contributed by atoms with Crippen molar-refractivity contribution in [1.82, 2.24) is 4.90 Å². The van der Waals surface area contributed by atoms with Crippen LogP contribution in [0.4, 0.5) is 10.5 Å². The highest BCUT2D eigenvalue weighted by molar-refractivity contribution is 7.12. The van der Waals surface area contributed by atoms with Crippen molar-refractivity contribution in [2.75, 3.05) is 19.0 Å². The molecule has 0 bridgehead atoms. The summed E-state index contributed by atoms with van der Waals surface area (Å²) in [6.07, 6.45) is 1.54. The SMILES string of the molecule is CN(C)C(=O)N(/C(=C/C(=O)c1cccs1)c1ccccc1)c1ccccc1. The predicted molar refractivity (Wildman–Crippen MR) is 111 cm³/mol. The number of benzene rings is 2. The fourth-order valence-corrected chi connectivity index (χ4v) is 3.27. The maximum absolute atomic E-state index is 13.0. The van der Waals surface area contributed by atoms with E-state index in [4.69, 9.17) is 0 Å². The molecule has 5 heteroatoms. The molecule has 0 aliphatic carbocycles. The van der Waals surface area contributed by atoms with Crippen LogP contribution >= 0.6 is 11.3 Å². The molecule has 0 aliphatic rings. The minimum Gasteiger partial charge on any atom is -0.330 e. The highest BCUT2D eigenvalue weighted by Crippen LogP contribution is 2.28. The molecule has 27 heavy (non-hydrogen) atoms. The maximum Gasteiger partial charge on any atom is 0.328 e. The molecule has 0 atom stereocenters. The van der Waals surface area contributed by atoms with Crippen LogP contribution in [0.2, 0.25) is 0 Å². The molecule has 0 saturated carbocycles. The lowest BCUT2D eigenvalue weighted by molar-refractivity contribution is 0.105. The van der Waals surface area contributed by atoms with Gasteiger partial charge in [0.1, 0.15) is 0 Å². The number of thiophene rings is 1. The van der Waals surface area contributed by atoms with Gasteiger partial charge in [-0.3, -0.25) is 9.69 Å². The van der Waals surface area contributed by atoms with Crippen molar-refractivity contribution in [1.29, 1.82) is 0 Å². The predicted octanol–water partition coefficient (Wildman–Crippen LogP) is 5.16. The summed E-state index contributed by atoms with van der Waals surface area (Å²) in [5.74, 6) is -0.128. The van der Waals surface area contributed by atoms with E-state index in [-0.39, 0.29) is 11.8 Å². The summed E-state index contributed by atoms with van der Waals surface area (Å²) in [7, 11) is 3.39. The minimum atomic E-state index is -0.227. The van der Waals surface area contributed by atoms with Gasteiger partial charge in [-0.25, -0.2) is 4.79 Å². The number of rotatable bonds is 5. The number of carbonyl (C=O) groups is 2. The summed E-state index contributed by atoms with van der Waals surface area (Å²) >= 11 is 1.38. The fourth-order valence-electron chi connectivity index (χ4n) is 2.63. The summed E-state index contributed by atoms with van der Waals surface area (Å²) in [6.45, 7) is 0. The number of para-hydroxylation sites is 1. The van der Waals surface area contributed by atoms with Crippen LogP contribution in [-0.4, -0.2) is 30.8 Å². The van der Waals surface area contributed by atoms with Gasteiger partial charge in [-0.2, -0.15) is 0 Å². The van der Waals surface area contributed by atoms with E-state index in [2.05, 4.69) is 0 Å². The molecular weight excluding hydrogens is 356 g/mol. The highest BCUT2D eigenvalue weighted by atomic mass is 32.1. The Kier molecular flexibility index (Phi) is 5.84. The van der Waals surface area contributed by atoms with Gasteiger partial charge in [0.2, 0.25) is 0 Å². The summed E-state index contributed by atoms with van der Waals surface area (Å²) in [6, 6.07) is 22.2. The first kappa shape index (κ1) is 18.6.